The monoisotopic (exact) mass is 339 g/mol. The molecule has 1 unspecified atom stereocenters. The number of nitrogens with one attached hydrogen (secondary N) is 1. The highest BCUT2D eigenvalue weighted by Crippen LogP contribution is 2.56. The zero-order chi connectivity index (χ0) is 13.6. The number of aliphatic hydroxyl groups excluding tert-OH is 1. The number of nitrogens with zero attached hydrogens (tertiary/aromatic N) is 2. The molecule has 0 aliphatic heterocycles. The normalized spacial score (nSPS) is 18.3. The van der Waals surface area contributed by atoms with Crippen LogP contribution in [-0.4, -0.2) is 19.9 Å². The molecule has 19 heavy (non-hydrogen) atoms. The quantitative estimate of drug-likeness (QED) is 0.845. The van der Waals surface area contributed by atoms with Gasteiger partial charge in [0.1, 0.15) is 6.10 Å². The number of hydrogen-bond donors (Lipinski definition) is 2. The number of aromatic amines is 1. The Kier molecular flexibility index (Phi) is 3.11. The van der Waals surface area contributed by atoms with E-state index in [1.807, 2.05) is 19.2 Å². The van der Waals surface area contributed by atoms with E-state index >= 15 is 0 Å². The van der Waals surface area contributed by atoms with Crippen LogP contribution >= 0.6 is 28.1 Å². The summed E-state index contributed by atoms with van der Waals surface area (Å²) in [5, 5.41) is 17.6. The lowest BCUT2D eigenvalue weighted by Crippen LogP contribution is -2.21. The van der Waals surface area contributed by atoms with Gasteiger partial charge < -0.3 is 9.67 Å². The van der Waals surface area contributed by atoms with Crippen LogP contribution in [0.1, 0.15) is 30.3 Å². The summed E-state index contributed by atoms with van der Waals surface area (Å²) in [6.45, 7) is 0. The largest absolute Gasteiger partial charge is 0.384 e. The van der Waals surface area contributed by atoms with Crippen LogP contribution in [0.2, 0.25) is 0 Å². The first-order chi connectivity index (χ1) is 9.04. The van der Waals surface area contributed by atoms with Crippen molar-refractivity contribution in [2.24, 2.45) is 7.05 Å². The molecule has 1 aliphatic carbocycles. The highest BCUT2D eigenvalue weighted by molar-refractivity contribution is 9.10. The van der Waals surface area contributed by atoms with Crippen LogP contribution in [0.15, 0.2) is 28.7 Å². The molecule has 4 nitrogen and oxygen atoms in total. The van der Waals surface area contributed by atoms with E-state index in [0.29, 0.717) is 10.6 Å². The summed E-state index contributed by atoms with van der Waals surface area (Å²) >= 11 is 8.58. The van der Waals surface area contributed by atoms with Gasteiger partial charge in [0.05, 0.1) is 0 Å². The molecule has 6 heteroatoms. The summed E-state index contributed by atoms with van der Waals surface area (Å²) in [5.41, 5.74) is 0.918. The maximum Gasteiger partial charge on any atom is 0.194 e. The second-order valence-electron chi connectivity index (χ2n) is 5.01. The van der Waals surface area contributed by atoms with Crippen molar-refractivity contribution in [3.8, 4) is 0 Å². The third kappa shape index (κ3) is 2.07. The number of aliphatic hydroxyl groups is 1. The van der Waals surface area contributed by atoms with Crippen LogP contribution in [0.3, 0.4) is 0 Å². The molecule has 1 fully saturated rings. The summed E-state index contributed by atoms with van der Waals surface area (Å²) in [5.74, 6) is 0.600. The van der Waals surface area contributed by atoms with E-state index < -0.39 is 6.10 Å². The minimum absolute atomic E-state index is 0.224. The molecule has 0 spiro atoms. The van der Waals surface area contributed by atoms with Gasteiger partial charge >= 0.3 is 0 Å². The van der Waals surface area contributed by atoms with Crippen molar-refractivity contribution in [3.05, 3.63) is 44.9 Å². The second kappa shape index (κ2) is 4.54. The van der Waals surface area contributed by atoms with Crippen molar-refractivity contribution < 1.29 is 5.11 Å². The highest BCUT2D eigenvalue weighted by Gasteiger charge is 2.52. The molecule has 100 valence electrons. The number of rotatable bonds is 3. The number of hydrogen-bond acceptors (Lipinski definition) is 3. The molecule has 1 aliphatic rings. The molecule has 1 atom stereocenters. The van der Waals surface area contributed by atoms with Gasteiger partial charge in [0, 0.05) is 16.9 Å². The minimum Gasteiger partial charge on any atom is -0.384 e. The van der Waals surface area contributed by atoms with Gasteiger partial charge in [-0.3, -0.25) is 5.10 Å². The topological polar surface area (TPSA) is 53.8 Å². The lowest BCUT2D eigenvalue weighted by atomic mass is 9.89. The average Bonchev–Trinajstić information content (AvgIpc) is 3.13. The molecule has 2 N–H and O–H groups in total. The summed E-state index contributed by atoms with van der Waals surface area (Å²) in [4.78, 5) is 0. The van der Waals surface area contributed by atoms with E-state index in [1.165, 1.54) is 0 Å². The lowest BCUT2D eigenvalue weighted by Gasteiger charge is -2.22. The predicted octanol–water partition coefficient (Wildman–Crippen LogP) is 3.01. The first-order valence-corrected chi connectivity index (χ1v) is 7.30. The SMILES string of the molecule is Cn1c(C(O)C2(c3cccc(Br)c3)CC2)n[nH]c1=S. The molecule has 1 saturated carbocycles. The summed E-state index contributed by atoms with van der Waals surface area (Å²) < 4.78 is 3.29. The molecular weight excluding hydrogens is 326 g/mol. The first-order valence-electron chi connectivity index (χ1n) is 6.10. The third-order valence-corrected chi connectivity index (χ3v) is 4.73. The van der Waals surface area contributed by atoms with E-state index in [9.17, 15) is 5.11 Å². The molecule has 1 aromatic heterocycles. The fourth-order valence-corrected chi connectivity index (χ4v) is 3.04. The molecule has 0 bridgehead atoms. The first kappa shape index (κ1) is 13.0. The van der Waals surface area contributed by atoms with Crippen LogP contribution < -0.4 is 0 Å². The summed E-state index contributed by atoms with van der Waals surface area (Å²) in [7, 11) is 1.82. The van der Waals surface area contributed by atoms with Crippen molar-refractivity contribution >= 4 is 28.1 Å². The maximum absolute atomic E-state index is 10.7. The van der Waals surface area contributed by atoms with Crippen LogP contribution in [-0.2, 0) is 12.5 Å². The fourth-order valence-electron chi connectivity index (χ4n) is 2.50. The van der Waals surface area contributed by atoms with Crippen molar-refractivity contribution in [2.45, 2.75) is 24.4 Å². The van der Waals surface area contributed by atoms with E-state index in [4.69, 9.17) is 12.2 Å². The van der Waals surface area contributed by atoms with Gasteiger partial charge in [-0.25, -0.2) is 0 Å². The number of aromatic nitrogens is 3. The van der Waals surface area contributed by atoms with Crippen molar-refractivity contribution in [2.75, 3.05) is 0 Å². The smallest absolute Gasteiger partial charge is 0.194 e. The highest BCUT2D eigenvalue weighted by atomic mass is 79.9. The zero-order valence-corrected chi connectivity index (χ0v) is 12.8. The van der Waals surface area contributed by atoms with E-state index in [-0.39, 0.29) is 5.41 Å². The van der Waals surface area contributed by atoms with E-state index in [2.05, 4.69) is 38.3 Å². The Bertz CT molecular complexity index is 675. The van der Waals surface area contributed by atoms with Crippen molar-refractivity contribution in [1.82, 2.24) is 14.8 Å². The molecule has 0 amide bonds. The van der Waals surface area contributed by atoms with Gasteiger partial charge in [0.25, 0.3) is 0 Å². The Hall–Kier alpha value is -0.980. The maximum atomic E-state index is 10.7. The van der Waals surface area contributed by atoms with Gasteiger partial charge in [-0.15, -0.1) is 0 Å². The van der Waals surface area contributed by atoms with Crippen molar-refractivity contribution in [3.63, 3.8) is 0 Å². The van der Waals surface area contributed by atoms with E-state index in [1.54, 1.807) is 4.57 Å². The molecule has 1 aromatic carbocycles. The molecule has 0 saturated heterocycles. The Balaban J connectivity index is 2.02. The molecule has 2 aromatic rings. The Labute approximate surface area is 124 Å². The standard InChI is InChI=1S/C13H14BrN3OS/c1-17-11(15-16-12(17)19)10(18)13(5-6-13)8-3-2-4-9(14)7-8/h2-4,7,10,18H,5-6H2,1H3,(H,16,19). The van der Waals surface area contributed by atoms with Crippen LogP contribution in [0, 0.1) is 4.77 Å². The Morgan fingerprint density at radius 1 is 1.53 bits per heavy atom. The molecule has 3 rings (SSSR count). The average molecular weight is 340 g/mol. The van der Waals surface area contributed by atoms with E-state index in [0.717, 1.165) is 22.9 Å². The Morgan fingerprint density at radius 3 is 2.79 bits per heavy atom. The molecule has 0 radical (unpaired) electrons. The second-order valence-corrected chi connectivity index (χ2v) is 6.32. The minimum atomic E-state index is -0.639. The van der Waals surface area contributed by atoms with Gasteiger partial charge in [-0.2, -0.15) is 5.10 Å². The van der Waals surface area contributed by atoms with Gasteiger partial charge in [0.2, 0.25) is 0 Å². The molecule has 1 heterocycles. The third-order valence-electron chi connectivity index (χ3n) is 3.87. The molecular formula is C13H14BrN3OS. The van der Waals surface area contributed by atoms with Gasteiger partial charge in [-0.1, -0.05) is 28.1 Å². The summed E-state index contributed by atoms with van der Waals surface area (Å²) in [6, 6.07) is 8.11. The van der Waals surface area contributed by atoms with Crippen LogP contribution in [0.25, 0.3) is 0 Å². The van der Waals surface area contributed by atoms with Gasteiger partial charge in [-0.05, 0) is 42.8 Å². The Morgan fingerprint density at radius 2 is 2.26 bits per heavy atom. The summed E-state index contributed by atoms with van der Waals surface area (Å²) in [6.07, 6.45) is 1.29. The predicted molar refractivity (Wildman–Crippen MR) is 78.4 cm³/mol. The van der Waals surface area contributed by atoms with Crippen LogP contribution in [0.4, 0.5) is 0 Å². The van der Waals surface area contributed by atoms with Crippen molar-refractivity contribution in [1.29, 1.82) is 0 Å². The van der Waals surface area contributed by atoms with Gasteiger partial charge in [0.15, 0.2) is 10.6 Å². The fraction of sp³-hybridized carbons (Fsp3) is 0.385. The number of benzene rings is 1. The lowest BCUT2D eigenvalue weighted by molar-refractivity contribution is 0.120. The number of halogens is 1. The number of H-pyrrole nitrogens is 1. The zero-order valence-electron chi connectivity index (χ0n) is 10.4. The van der Waals surface area contributed by atoms with Crippen LogP contribution in [0.5, 0.6) is 0 Å².